The minimum atomic E-state index is -0.575. The summed E-state index contributed by atoms with van der Waals surface area (Å²) in [5.74, 6) is -1.14. The average molecular weight is 253 g/mol. The van der Waals surface area contributed by atoms with Crippen LogP contribution in [0, 0.1) is 11.6 Å². The van der Waals surface area contributed by atoms with Crippen LogP contribution in [-0.2, 0) is 11.2 Å². The van der Waals surface area contributed by atoms with Gasteiger partial charge in [-0.05, 0) is 30.9 Å². The minimum absolute atomic E-state index is 0.0329. The van der Waals surface area contributed by atoms with E-state index in [1.165, 1.54) is 12.1 Å². The Morgan fingerprint density at radius 2 is 2.17 bits per heavy atom. The Morgan fingerprint density at radius 3 is 2.83 bits per heavy atom. The molecule has 0 spiro atoms. The highest BCUT2D eigenvalue weighted by atomic mass is 19.1. The van der Waals surface area contributed by atoms with Gasteiger partial charge in [-0.25, -0.2) is 8.78 Å². The monoisotopic (exact) mass is 253 g/mol. The first-order valence-corrected chi connectivity index (χ1v) is 5.95. The fraction of sp³-hybridized carbons (Fsp3) is 0.357. The van der Waals surface area contributed by atoms with Crippen molar-refractivity contribution in [2.24, 2.45) is 0 Å². The van der Waals surface area contributed by atoms with E-state index in [9.17, 15) is 13.6 Å². The van der Waals surface area contributed by atoms with Crippen molar-refractivity contribution in [1.29, 1.82) is 0 Å². The van der Waals surface area contributed by atoms with Gasteiger partial charge < -0.3 is 5.32 Å². The maximum absolute atomic E-state index is 13.3. The van der Waals surface area contributed by atoms with Crippen LogP contribution in [0.15, 0.2) is 30.9 Å². The zero-order valence-electron chi connectivity index (χ0n) is 10.2. The number of halogens is 2. The molecule has 0 radical (unpaired) electrons. The molecule has 2 nitrogen and oxygen atoms in total. The average Bonchev–Trinajstić information content (AvgIpc) is 2.34. The van der Waals surface area contributed by atoms with Crippen molar-refractivity contribution in [3.8, 4) is 0 Å². The zero-order chi connectivity index (χ0) is 13.4. The fourth-order valence-corrected chi connectivity index (χ4v) is 1.55. The molecule has 0 aliphatic carbocycles. The molecule has 0 unspecified atom stereocenters. The van der Waals surface area contributed by atoms with Crippen LogP contribution in [0.3, 0.4) is 0 Å². The predicted octanol–water partition coefficient (Wildman–Crippen LogP) is 2.98. The molecule has 1 aromatic rings. The van der Waals surface area contributed by atoms with Crippen LogP contribution in [0.25, 0.3) is 0 Å². The second kappa shape index (κ2) is 7.58. The van der Waals surface area contributed by atoms with E-state index in [1.54, 1.807) is 6.08 Å². The molecule has 0 heterocycles. The summed E-state index contributed by atoms with van der Waals surface area (Å²) in [4.78, 5) is 11.2. The van der Waals surface area contributed by atoms with E-state index in [0.29, 0.717) is 37.8 Å². The first-order valence-electron chi connectivity index (χ1n) is 5.95. The number of benzene rings is 1. The smallest absolute Gasteiger partial charge is 0.220 e. The van der Waals surface area contributed by atoms with Crippen LogP contribution < -0.4 is 5.32 Å². The SMILES string of the molecule is C=CCCC(=O)NCCCc1ccc(F)cc1F. The van der Waals surface area contributed by atoms with E-state index in [4.69, 9.17) is 0 Å². The topological polar surface area (TPSA) is 29.1 Å². The summed E-state index contributed by atoms with van der Waals surface area (Å²) in [5.41, 5.74) is 0.469. The van der Waals surface area contributed by atoms with Crippen LogP contribution in [0.2, 0.25) is 0 Å². The number of carbonyl (C=O) groups excluding carboxylic acids is 1. The third-order valence-electron chi connectivity index (χ3n) is 2.54. The molecule has 0 fully saturated rings. The van der Waals surface area contributed by atoms with Crippen molar-refractivity contribution in [2.45, 2.75) is 25.7 Å². The van der Waals surface area contributed by atoms with Crippen LogP contribution in [-0.4, -0.2) is 12.5 Å². The summed E-state index contributed by atoms with van der Waals surface area (Å²) in [6.07, 6.45) is 3.87. The van der Waals surface area contributed by atoms with E-state index in [2.05, 4.69) is 11.9 Å². The molecule has 0 aliphatic heterocycles. The van der Waals surface area contributed by atoms with Crippen molar-refractivity contribution >= 4 is 5.91 Å². The van der Waals surface area contributed by atoms with Gasteiger partial charge in [-0.3, -0.25) is 4.79 Å². The Balaban J connectivity index is 2.25. The molecular weight excluding hydrogens is 236 g/mol. The molecule has 98 valence electrons. The molecule has 0 saturated carbocycles. The number of aryl methyl sites for hydroxylation is 1. The van der Waals surface area contributed by atoms with Gasteiger partial charge in [-0.1, -0.05) is 12.1 Å². The number of carbonyl (C=O) groups is 1. The molecule has 0 atom stereocenters. The Bertz CT molecular complexity index is 418. The van der Waals surface area contributed by atoms with Gasteiger partial charge in [0.25, 0.3) is 0 Å². The van der Waals surface area contributed by atoms with Gasteiger partial charge in [-0.2, -0.15) is 0 Å². The maximum atomic E-state index is 13.3. The van der Waals surface area contributed by atoms with Gasteiger partial charge in [0.1, 0.15) is 11.6 Å². The van der Waals surface area contributed by atoms with Gasteiger partial charge in [0.15, 0.2) is 0 Å². The Labute approximate surface area is 106 Å². The van der Waals surface area contributed by atoms with E-state index in [0.717, 1.165) is 6.07 Å². The van der Waals surface area contributed by atoms with Gasteiger partial charge in [0.05, 0.1) is 0 Å². The zero-order valence-corrected chi connectivity index (χ0v) is 10.2. The number of hydrogen-bond acceptors (Lipinski definition) is 1. The predicted molar refractivity (Wildman–Crippen MR) is 67.1 cm³/mol. The summed E-state index contributed by atoms with van der Waals surface area (Å²) < 4.78 is 25.9. The van der Waals surface area contributed by atoms with E-state index >= 15 is 0 Å². The molecular formula is C14H17F2NO. The third-order valence-corrected chi connectivity index (χ3v) is 2.54. The molecule has 1 N–H and O–H groups in total. The first-order chi connectivity index (χ1) is 8.63. The molecule has 1 aromatic carbocycles. The van der Waals surface area contributed by atoms with E-state index < -0.39 is 11.6 Å². The summed E-state index contributed by atoms with van der Waals surface area (Å²) >= 11 is 0. The number of amides is 1. The van der Waals surface area contributed by atoms with Crippen molar-refractivity contribution in [2.75, 3.05) is 6.54 Å². The third kappa shape index (κ3) is 5.08. The number of hydrogen-bond donors (Lipinski definition) is 1. The maximum Gasteiger partial charge on any atom is 0.220 e. The molecule has 0 saturated heterocycles. The highest BCUT2D eigenvalue weighted by molar-refractivity contribution is 5.75. The van der Waals surface area contributed by atoms with Gasteiger partial charge in [0, 0.05) is 19.0 Å². The van der Waals surface area contributed by atoms with E-state index in [1.807, 2.05) is 0 Å². The Kier molecular flexibility index (Phi) is 6.05. The van der Waals surface area contributed by atoms with Crippen molar-refractivity contribution in [1.82, 2.24) is 5.32 Å². The molecule has 18 heavy (non-hydrogen) atoms. The normalized spacial score (nSPS) is 10.1. The number of allylic oxidation sites excluding steroid dienone is 1. The number of nitrogens with one attached hydrogen (secondary N) is 1. The van der Waals surface area contributed by atoms with Crippen molar-refractivity contribution in [3.05, 3.63) is 48.1 Å². The van der Waals surface area contributed by atoms with Crippen LogP contribution in [0.5, 0.6) is 0 Å². The quantitative estimate of drug-likeness (QED) is 0.587. The molecule has 0 bridgehead atoms. The highest BCUT2D eigenvalue weighted by Gasteiger charge is 2.04. The first kappa shape index (κ1) is 14.4. The van der Waals surface area contributed by atoms with Crippen LogP contribution in [0.1, 0.15) is 24.8 Å². The highest BCUT2D eigenvalue weighted by Crippen LogP contribution is 2.11. The molecule has 0 aromatic heterocycles. The van der Waals surface area contributed by atoms with Gasteiger partial charge >= 0.3 is 0 Å². The van der Waals surface area contributed by atoms with Gasteiger partial charge in [0.2, 0.25) is 5.91 Å². The molecule has 4 heteroatoms. The summed E-state index contributed by atoms with van der Waals surface area (Å²) in [5, 5.41) is 2.74. The van der Waals surface area contributed by atoms with Crippen molar-refractivity contribution in [3.63, 3.8) is 0 Å². The Morgan fingerprint density at radius 1 is 1.39 bits per heavy atom. The fourth-order valence-electron chi connectivity index (χ4n) is 1.55. The standard InChI is InChI=1S/C14H17F2NO/c1-2-3-6-14(18)17-9-4-5-11-7-8-12(15)10-13(11)16/h2,7-8,10H,1,3-6,9H2,(H,17,18). The van der Waals surface area contributed by atoms with Gasteiger partial charge in [-0.15, -0.1) is 6.58 Å². The summed E-state index contributed by atoms with van der Waals surface area (Å²) in [6, 6.07) is 3.54. The van der Waals surface area contributed by atoms with Crippen LogP contribution >= 0.6 is 0 Å². The lowest BCUT2D eigenvalue weighted by molar-refractivity contribution is -0.121. The molecule has 0 aliphatic rings. The summed E-state index contributed by atoms with van der Waals surface area (Å²) in [6.45, 7) is 4.03. The van der Waals surface area contributed by atoms with E-state index in [-0.39, 0.29) is 5.91 Å². The molecule has 1 rings (SSSR count). The second-order valence-electron chi connectivity index (χ2n) is 4.02. The Hall–Kier alpha value is -1.71. The largest absolute Gasteiger partial charge is 0.356 e. The lowest BCUT2D eigenvalue weighted by Gasteiger charge is -2.05. The minimum Gasteiger partial charge on any atom is -0.356 e. The lowest BCUT2D eigenvalue weighted by Crippen LogP contribution is -2.24. The van der Waals surface area contributed by atoms with Crippen LogP contribution in [0.4, 0.5) is 8.78 Å². The lowest BCUT2D eigenvalue weighted by atomic mass is 10.1. The molecule has 1 amide bonds. The number of rotatable bonds is 7. The second-order valence-corrected chi connectivity index (χ2v) is 4.02. The van der Waals surface area contributed by atoms with Crippen molar-refractivity contribution < 1.29 is 13.6 Å². The summed E-state index contributed by atoms with van der Waals surface area (Å²) in [7, 11) is 0.